The number of carbonyl (C=O) groups excluding carboxylic acids is 1. The van der Waals surface area contributed by atoms with Gasteiger partial charge in [-0.15, -0.1) is 0 Å². The molecule has 0 aliphatic heterocycles. The molecule has 2 saturated carbocycles. The van der Waals surface area contributed by atoms with Crippen molar-refractivity contribution in [2.75, 3.05) is 20.7 Å². The van der Waals surface area contributed by atoms with Gasteiger partial charge >= 0.3 is 0 Å². The van der Waals surface area contributed by atoms with E-state index in [4.69, 9.17) is 18.9 Å². The lowest BCUT2D eigenvalue weighted by Crippen LogP contribution is -2.53. The molecule has 174 valence electrons. The molecule has 2 bridgehead atoms. The molecule has 0 spiro atoms. The van der Waals surface area contributed by atoms with Crippen LogP contribution in [0.4, 0.5) is 0 Å². The first-order valence-electron chi connectivity index (χ1n) is 11.2. The molecule has 6 heteroatoms. The lowest BCUT2D eigenvalue weighted by Gasteiger charge is -2.45. The maximum atomic E-state index is 13.1. The maximum Gasteiger partial charge on any atom is 0.164 e. The average Bonchev–Trinajstić information content (AvgIpc) is 2.98. The number of rotatable bonds is 8. The third-order valence-corrected chi connectivity index (χ3v) is 7.55. The van der Waals surface area contributed by atoms with Crippen molar-refractivity contribution in [3.8, 4) is 0 Å². The predicted octanol–water partition coefficient (Wildman–Crippen LogP) is 4.09. The number of fused-ring (bicyclic) bond motifs is 2. The number of ether oxygens (including phenoxy) is 4. The summed E-state index contributed by atoms with van der Waals surface area (Å²) in [5.41, 5.74) is -1.22. The molecule has 3 rings (SSSR count). The Morgan fingerprint density at radius 3 is 2.42 bits per heavy atom. The zero-order valence-corrected chi connectivity index (χ0v) is 19.6. The maximum absolute atomic E-state index is 13.1. The summed E-state index contributed by atoms with van der Waals surface area (Å²) in [5, 5.41) is 11.4. The van der Waals surface area contributed by atoms with Crippen LogP contribution in [0.2, 0.25) is 0 Å². The Bertz CT molecular complexity index is 731. The Kier molecular flexibility index (Phi) is 7.59. The van der Waals surface area contributed by atoms with Gasteiger partial charge < -0.3 is 24.1 Å². The van der Waals surface area contributed by atoms with Crippen LogP contribution in [-0.2, 0) is 30.3 Å². The van der Waals surface area contributed by atoms with Crippen molar-refractivity contribution in [2.45, 2.75) is 77.8 Å². The van der Waals surface area contributed by atoms with E-state index in [1.54, 1.807) is 7.11 Å². The first-order chi connectivity index (χ1) is 14.6. The van der Waals surface area contributed by atoms with E-state index in [2.05, 4.69) is 13.8 Å². The van der Waals surface area contributed by atoms with Crippen molar-refractivity contribution >= 4 is 5.78 Å². The van der Waals surface area contributed by atoms with Gasteiger partial charge in [0.25, 0.3) is 0 Å². The number of methoxy groups -OCH3 is 1. The van der Waals surface area contributed by atoms with Gasteiger partial charge in [-0.05, 0) is 36.2 Å². The summed E-state index contributed by atoms with van der Waals surface area (Å²) < 4.78 is 23.6. The molecule has 1 N–H and O–H groups in total. The van der Waals surface area contributed by atoms with E-state index in [0.717, 1.165) is 5.56 Å². The summed E-state index contributed by atoms with van der Waals surface area (Å²) in [6, 6.07) is 9.97. The average molecular weight is 435 g/mol. The second kappa shape index (κ2) is 9.67. The Hall–Kier alpha value is -1.31. The molecular weight excluding hydrogens is 396 g/mol. The first-order valence-corrected chi connectivity index (χ1v) is 11.2. The Morgan fingerprint density at radius 1 is 1.03 bits per heavy atom. The summed E-state index contributed by atoms with van der Waals surface area (Å²) >= 11 is 0. The molecule has 6 nitrogen and oxygen atoms in total. The highest BCUT2D eigenvalue weighted by Crippen LogP contribution is 2.56. The van der Waals surface area contributed by atoms with E-state index < -0.39 is 11.0 Å². The molecule has 1 aromatic rings. The van der Waals surface area contributed by atoms with Crippen LogP contribution < -0.4 is 0 Å². The van der Waals surface area contributed by atoms with Crippen LogP contribution in [0.25, 0.3) is 0 Å². The molecule has 0 amide bonds. The van der Waals surface area contributed by atoms with Gasteiger partial charge in [0.2, 0.25) is 0 Å². The fourth-order valence-electron chi connectivity index (χ4n) is 5.39. The van der Waals surface area contributed by atoms with Gasteiger partial charge in [0.15, 0.2) is 5.78 Å². The zero-order valence-electron chi connectivity index (χ0n) is 19.6. The third kappa shape index (κ3) is 4.88. The van der Waals surface area contributed by atoms with Crippen molar-refractivity contribution < 1.29 is 28.8 Å². The predicted molar refractivity (Wildman–Crippen MR) is 117 cm³/mol. The largest absolute Gasteiger partial charge is 0.382 e. The second-order valence-electron chi connectivity index (χ2n) is 10.2. The lowest BCUT2D eigenvalue weighted by atomic mass is 9.67. The fourth-order valence-corrected chi connectivity index (χ4v) is 5.39. The molecule has 0 aromatic heterocycles. The number of aliphatic hydroxyl groups is 1. The standard InChI is InChI=1S/C25H38O6/c1-23(2)13-12-20(26)25(27)14-11-19(24(25,3)4)21(30-16-28-5)22(23)31-17-29-15-18-9-7-6-8-10-18/h6-10,19,21-22,27H,11-17H2,1-5H3/t19-,21-,22-,25-/m1/s1. The second-order valence-corrected chi connectivity index (χ2v) is 10.2. The van der Waals surface area contributed by atoms with E-state index in [9.17, 15) is 9.90 Å². The van der Waals surface area contributed by atoms with E-state index >= 15 is 0 Å². The van der Waals surface area contributed by atoms with E-state index in [-0.39, 0.29) is 42.9 Å². The van der Waals surface area contributed by atoms with Gasteiger partial charge in [-0.25, -0.2) is 0 Å². The highest BCUT2D eigenvalue weighted by molar-refractivity contribution is 5.88. The van der Waals surface area contributed by atoms with E-state index in [1.165, 1.54) is 0 Å². The Balaban J connectivity index is 1.83. The zero-order chi connectivity index (χ0) is 22.7. The molecule has 2 fully saturated rings. The van der Waals surface area contributed by atoms with Crippen LogP contribution in [-0.4, -0.2) is 49.4 Å². The van der Waals surface area contributed by atoms with Gasteiger partial charge in [0.05, 0.1) is 18.8 Å². The number of hydrogen-bond donors (Lipinski definition) is 1. The van der Waals surface area contributed by atoms with Crippen LogP contribution in [0.15, 0.2) is 30.3 Å². The van der Waals surface area contributed by atoms with Crippen LogP contribution in [0, 0.1) is 16.7 Å². The van der Waals surface area contributed by atoms with E-state index in [1.807, 2.05) is 44.2 Å². The quantitative estimate of drug-likeness (QED) is 0.491. The summed E-state index contributed by atoms with van der Waals surface area (Å²) in [7, 11) is 1.60. The SMILES string of the molecule is COCO[C@H]1[C@@H](OCOCc2ccccc2)C(C)(C)CCC(=O)[C@]2(O)CC[C@H]1C2(C)C. The Morgan fingerprint density at radius 2 is 1.74 bits per heavy atom. The monoisotopic (exact) mass is 434 g/mol. The fraction of sp³-hybridized carbons (Fsp3) is 0.720. The molecule has 2 aliphatic carbocycles. The van der Waals surface area contributed by atoms with Gasteiger partial charge in [0, 0.05) is 18.9 Å². The summed E-state index contributed by atoms with van der Waals surface area (Å²) in [6.45, 7) is 8.87. The van der Waals surface area contributed by atoms with E-state index in [0.29, 0.717) is 32.3 Å². The van der Waals surface area contributed by atoms with Crippen LogP contribution in [0.3, 0.4) is 0 Å². The van der Waals surface area contributed by atoms with Crippen molar-refractivity contribution in [1.82, 2.24) is 0 Å². The normalized spacial score (nSPS) is 32.3. The van der Waals surface area contributed by atoms with Gasteiger partial charge in [-0.1, -0.05) is 58.0 Å². The number of hydrogen-bond acceptors (Lipinski definition) is 6. The molecular formula is C25H38O6. The van der Waals surface area contributed by atoms with Gasteiger partial charge in [0.1, 0.15) is 19.2 Å². The first kappa shape index (κ1) is 24.3. The molecule has 1 aromatic carbocycles. The van der Waals surface area contributed by atoms with Crippen LogP contribution in [0.1, 0.15) is 58.9 Å². The molecule has 2 aliphatic rings. The van der Waals surface area contributed by atoms with Crippen molar-refractivity contribution in [3.05, 3.63) is 35.9 Å². The molecule has 0 heterocycles. The Labute approximate surface area is 186 Å². The summed E-state index contributed by atoms with van der Waals surface area (Å²) in [6.07, 6.45) is 1.44. The molecule has 31 heavy (non-hydrogen) atoms. The summed E-state index contributed by atoms with van der Waals surface area (Å²) in [5.74, 6) is -0.118. The summed E-state index contributed by atoms with van der Waals surface area (Å²) in [4.78, 5) is 13.1. The minimum Gasteiger partial charge on any atom is -0.382 e. The molecule has 0 saturated heterocycles. The topological polar surface area (TPSA) is 74.2 Å². The molecule has 4 atom stereocenters. The highest BCUT2D eigenvalue weighted by atomic mass is 16.7. The van der Waals surface area contributed by atoms with Crippen LogP contribution in [0.5, 0.6) is 0 Å². The molecule has 0 radical (unpaired) electrons. The van der Waals surface area contributed by atoms with Crippen molar-refractivity contribution in [2.24, 2.45) is 16.7 Å². The molecule has 0 unspecified atom stereocenters. The van der Waals surface area contributed by atoms with Crippen molar-refractivity contribution in [3.63, 3.8) is 0 Å². The van der Waals surface area contributed by atoms with Crippen LogP contribution >= 0.6 is 0 Å². The van der Waals surface area contributed by atoms with Crippen molar-refractivity contribution in [1.29, 1.82) is 0 Å². The number of carbonyl (C=O) groups is 1. The van der Waals surface area contributed by atoms with Gasteiger partial charge in [-0.3, -0.25) is 4.79 Å². The minimum absolute atomic E-state index is 0.0481. The smallest absolute Gasteiger partial charge is 0.164 e. The lowest BCUT2D eigenvalue weighted by molar-refractivity contribution is -0.217. The third-order valence-electron chi connectivity index (χ3n) is 7.55. The number of Topliss-reactive ketones (excluding diaryl/α,β-unsaturated/α-hetero) is 1. The minimum atomic E-state index is -1.33. The van der Waals surface area contributed by atoms with Gasteiger partial charge in [-0.2, -0.15) is 0 Å². The number of benzene rings is 1. The highest BCUT2D eigenvalue weighted by Gasteiger charge is 2.62. The number of ketones is 1.